The van der Waals surface area contributed by atoms with Crippen LogP contribution in [-0.2, 0) is 47.9 Å². The molecule has 6 aromatic rings. The number of rotatable bonds is 7. The van der Waals surface area contributed by atoms with Crippen molar-refractivity contribution in [3.8, 4) is 5.82 Å². The molecule has 9 rings (SSSR count). The number of pyridine rings is 2. The molecule has 1 fully saturated rings. The number of carbonyl (C=O) groups excluding carboxylic acids is 2. The molecule has 0 bridgehead atoms. The Balaban J connectivity index is 0.000000176. The first kappa shape index (κ1) is 54.8. The molecule has 71 heavy (non-hydrogen) atoms. The van der Waals surface area contributed by atoms with Gasteiger partial charge in [-0.3, -0.25) is 24.1 Å². The Labute approximate surface area is 420 Å². The van der Waals surface area contributed by atoms with Gasteiger partial charge in [0.15, 0.2) is 17.2 Å². The minimum absolute atomic E-state index is 0.0563. The maximum absolute atomic E-state index is 13.1. The Kier molecular flexibility index (Phi) is 18.4. The summed E-state index contributed by atoms with van der Waals surface area (Å²) in [4.78, 5) is 35.9. The number of alkyl halides is 6. The minimum Gasteiger partial charge on any atom is -0.315 e. The van der Waals surface area contributed by atoms with Gasteiger partial charge in [0.05, 0.1) is 69.0 Å². The number of carbonyl (C=O) groups is 2. The van der Waals surface area contributed by atoms with Crippen LogP contribution in [0.4, 0.5) is 46.5 Å². The van der Waals surface area contributed by atoms with E-state index in [1.807, 2.05) is 0 Å². The molecular formula is C44H49BrCl2F8N14O2. The first-order valence-corrected chi connectivity index (χ1v) is 23.7. The summed E-state index contributed by atoms with van der Waals surface area (Å²) in [6.45, 7) is 2.93. The zero-order valence-electron chi connectivity index (χ0n) is 38.7. The van der Waals surface area contributed by atoms with Crippen LogP contribution in [0.2, 0.25) is 10.0 Å². The van der Waals surface area contributed by atoms with Crippen LogP contribution in [-0.4, -0.2) is 101 Å². The van der Waals surface area contributed by atoms with E-state index in [1.54, 1.807) is 6.07 Å². The standard InChI is InChI=1S/C18H15ClF4N6O.C13H13ClF3N5O.C8H18N2.C5H3BrFN/c1-10-16(19)17(18(21,22)23)26-28(10)9-15(30)27-6-2-3-12-13(27)8-25-29(12)14-5-4-11(20)7-24-14;1-7-11(14)12(13(15,16)17)20-22(7)6-10(23)21-4-2-3-8-9(21)5-18-19-8;1-9-7-5-3-4-6-8(7)10-2;6-5-2-1-4(7)3-8-5/h4-5,7-8H,2-3,6,9H2,1H3;5H,2-4,6H2,1H3,(H,18,19);7-10H,3-6H2,1-2H3;1-3H/t;;7-,8-;/m..1./s1. The zero-order chi connectivity index (χ0) is 51.8. The zero-order valence-corrected chi connectivity index (χ0v) is 41.8. The fraction of sp³-hybridized carbons (Fsp3) is 0.455. The van der Waals surface area contributed by atoms with E-state index in [9.17, 15) is 44.7 Å². The Morgan fingerprint density at radius 2 is 1.23 bits per heavy atom. The lowest BCUT2D eigenvalue weighted by molar-refractivity contribution is -0.142. The Bertz CT molecular complexity index is 2710. The molecule has 0 spiro atoms. The molecule has 6 aromatic heterocycles. The highest BCUT2D eigenvalue weighted by atomic mass is 79.9. The number of aryl methyl sites for hydroxylation is 1. The van der Waals surface area contributed by atoms with Gasteiger partial charge in [-0.2, -0.15) is 46.7 Å². The molecule has 0 saturated heterocycles. The van der Waals surface area contributed by atoms with Crippen molar-refractivity contribution in [1.82, 2.24) is 60.1 Å². The molecular weight excluding hydrogens is 1060 g/mol. The van der Waals surface area contributed by atoms with Gasteiger partial charge < -0.3 is 20.4 Å². The normalized spacial score (nSPS) is 16.7. The number of hydrogen-bond acceptors (Lipinski definition) is 10. The van der Waals surface area contributed by atoms with E-state index < -0.39 is 52.1 Å². The van der Waals surface area contributed by atoms with E-state index in [0.29, 0.717) is 65.5 Å². The maximum Gasteiger partial charge on any atom is 0.436 e. The van der Waals surface area contributed by atoms with Crippen molar-refractivity contribution < 1.29 is 44.7 Å². The average Bonchev–Trinajstić information content (AvgIpc) is 4.14. The number of halogens is 11. The van der Waals surface area contributed by atoms with Gasteiger partial charge in [0.25, 0.3) is 0 Å². The lowest BCUT2D eigenvalue weighted by Gasteiger charge is -2.30. The monoisotopic (exact) mass is 1110 g/mol. The summed E-state index contributed by atoms with van der Waals surface area (Å²) in [5, 5.41) is 23.6. The average molecular weight is 1110 g/mol. The van der Waals surface area contributed by atoms with Crippen molar-refractivity contribution in [3.05, 3.63) is 109 Å². The second kappa shape index (κ2) is 23.8. The summed E-state index contributed by atoms with van der Waals surface area (Å²) in [7, 11) is 4.11. The highest BCUT2D eigenvalue weighted by Gasteiger charge is 2.40. The lowest BCUT2D eigenvalue weighted by atomic mass is 9.91. The summed E-state index contributed by atoms with van der Waals surface area (Å²) in [6, 6.07) is 7.03. The molecule has 2 amide bonds. The van der Waals surface area contributed by atoms with Crippen LogP contribution < -0.4 is 20.4 Å². The molecule has 0 aromatic carbocycles. The summed E-state index contributed by atoms with van der Waals surface area (Å²) in [5.74, 6) is -1.20. The number of likely N-dealkylation sites (N-methyl/N-ethyl adjacent to an activating group) is 2. The molecule has 3 aliphatic rings. The molecule has 16 nitrogen and oxygen atoms in total. The number of fused-ring (bicyclic) bond motifs is 2. The second-order valence-electron chi connectivity index (χ2n) is 16.4. The molecule has 3 N–H and O–H groups in total. The third-order valence-corrected chi connectivity index (χ3v) is 13.2. The van der Waals surface area contributed by atoms with Crippen molar-refractivity contribution in [2.75, 3.05) is 37.0 Å². The third kappa shape index (κ3) is 13.5. The van der Waals surface area contributed by atoms with Crippen LogP contribution in [0, 0.1) is 25.5 Å². The van der Waals surface area contributed by atoms with E-state index in [1.165, 1.54) is 84.6 Å². The number of amides is 2. The number of nitrogens with one attached hydrogen (secondary N) is 3. The van der Waals surface area contributed by atoms with Gasteiger partial charge in [0.2, 0.25) is 11.8 Å². The second-order valence-corrected chi connectivity index (χ2v) is 18.0. The van der Waals surface area contributed by atoms with Crippen molar-refractivity contribution >= 4 is 62.3 Å². The predicted octanol–water partition coefficient (Wildman–Crippen LogP) is 8.85. The van der Waals surface area contributed by atoms with Gasteiger partial charge in [0, 0.05) is 25.2 Å². The quantitative estimate of drug-likeness (QED) is 0.104. The molecule has 0 radical (unpaired) electrons. The van der Waals surface area contributed by atoms with Crippen molar-refractivity contribution in [3.63, 3.8) is 0 Å². The molecule has 1 saturated carbocycles. The topological polar surface area (TPSA) is 173 Å². The third-order valence-electron chi connectivity index (χ3n) is 11.8. The summed E-state index contributed by atoms with van der Waals surface area (Å²) >= 11 is 14.5. The van der Waals surface area contributed by atoms with Gasteiger partial charge >= 0.3 is 12.4 Å². The van der Waals surface area contributed by atoms with Crippen LogP contribution >= 0.6 is 39.1 Å². The summed E-state index contributed by atoms with van der Waals surface area (Å²) < 4.78 is 107. The van der Waals surface area contributed by atoms with Crippen LogP contribution in [0.15, 0.2) is 53.7 Å². The van der Waals surface area contributed by atoms with Gasteiger partial charge in [-0.05, 0) is 107 Å². The number of anilines is 2. The van der Waals surface area contributed by atoms with E-state index >= 15 is 0 Å². The first-order valence-electron chi connectivity index (χ1n) is 22.2. The van der Waals surface area contributed by atoms with E-state index in [0.717, 1.165) is 40.3 Å². The molecule has 27 heteroatoms. The highest BCUT2D eigenvalue weighted by Crippen LogP contribution is 2.37. The number of H-pyrrole nitrogens is 1. The Morgan fingerprint density at radius 3 is 1.68 bits per heavy atom. The fourth-order valence-corrected chi connectivity index (χ4v) is 8.86. The van der Waals surface area contributed by atoms with Crippen molar-refractivity contribution in [2.45, 2.75) is 103 Å². The van der Waals surface area contributed by atoms with E-state index in [2.05, 4.69) is 76.1 Å². The number of aromatic nitrogens is 10. The largest absolute Gasteiger partial charge is 0.436 e. The molecule has 0 unspecified atom stereocenters. The van der Waals surface area contributed by atoms with Crippen molar-refractivity contribution in [2.24, 2.45) is 0 Å². The Morgan fingerprint density at radius 1 is 0.718 bits per heavy atom. The summed E-state index contributed by atoms with van der Waals surface area (Å²) in [5.41, 5.74) is 0.516. The van der Waals surface area contributed by atoms with Crippen LogP contribution in [0.3, 0.4) is 0 Å². The van der Waals surface area contributed by atoms with E-state index in [-0.39, 0.29) is 29.7 Å². The smallest absolute Gasteiger partial charge is 0.315 e. The van der Waals surface area contributed by atoms with Gasteiger partial charge in [-0.15, -0.1) is 0 Å². The van der Waals surface area contributed by atoms with E-state index in [4.69, 9.17) is 23.2 Å². The van der Waals surface area contributed by atoms with Crippen LogP contribution in [0.5, 0.6) is 0 Å². The van der Waals surface area contributed by atoms with Gasteiger partial charge in [0.1, 0.15) is 29.3 Å². The molecule has 2 aliphatic heterocycles. The Hall–Kier alpha value is -5.50. The van der Waals surface area contributed by atoms with Crippen LogP contribution in [0.25, 0.3) is 5.82 Å². The number of aromatic amines is 1. The maximum atomic E-state index is 13.1. The molecule has 384 valence electrons. The molecule has 2 atom stereocenters. The summed E-state index contributed by atoms with van der Waals surface area (Å²) in [6.07, 6.45) is 4.12. The fourth-order valence-electron chi connectivity index (χ4n) is 8.14. The van der Waals surface area contributed by atoms with Gasteiger partial charge in [-0.25, -0.2) is 23.4 Å². The number of hydrogen-bond donors (Lipinski definition) is 3. The predicted molar refractivity (Wildman–Crippen MR) is 251 cm³/mol. The van der Waals surface area contributed by atoms with Crippen LogP contribution in [0.1, 0.15) is 72.7 Å². The molecule has 8 heterocycles. The first-order chi connectivity index (χ1) is 33.6. The van der Waals surface area contributed by atoms with Crippen molar-refractivity contribution in [1.29, 1.82) is 0 Å². The minimum atomic E-state index is -4.71. The molecule has 1 aliphatic carbocycles. The highest BCUT2D eigenvalue weighted by molar-refractivity contribution is 9.10. The number of nitrogens with zero attached hydrogens (tertiary/aromatic N) is 11. The van der Waals surface area contributed by atoms with Gasteiger partial charge in [-0.1, -0.05) is 36.0 Å². The SMILES string of the molecule is CN[C@@H]1CCCC[C@H]1NC.Cc1c(Cl)c(C(F)(F)F)nn1CC(=O)N1CCCc2[nH]ncc21.Cc1c(Cl)c(C(F)(F)F)nn1CC(=O)N1CCCc2c1cnn2-c1ccc(F)cn1.Fc1ccc(Br)nc1. The lowest BCUT2D eigenvalue weighted by Crippen LogP contribution is -2.47.